The van der Waals surface area contributed by atoms with E-state index < -0.39 is 0 Å². The predicted molar refractivity (Wildman–Crippen MR) is 125 cm³/mol. The predicted octanol–water partition coefficient (Wildman–Crippen LogP) is 3.87. The molecule has 2 aromatic carbocycles. The molecule has 1 saturated heterocycles. The lowest BCUT2D eigenvalue weighted by Crippen LogP contribution is -2.66. The Morgan fingerprint density at radius 2 is 2.03 bits per heavy atom. The second kappa shape index (κ2) is 8.10. The first-order valence-electron chi connectivity index (χ1n) is 11.1. The van der Waals surface area contributed by atoms with Gasteiger partial charge < -0.3 is 19.7 Å². The summed E-state index contributed by atoms with van der Waals surface area (Å²) in [6.45, 7) is 4.81. The fourth-order valence-corrected chi connectivity index (χ4v) is 5.71. The zero-order valence-corrected chi connectivity index (χ0v) is 19.2. The number of aliphatic hydroxyl groups excluding tert-OH is 1. The molecule has 1 fully saturated rings. The van der Waals surface area contributed by atoms with Gasteiger partial charge in [-0.2, -0.15) is 0 Å². The third kappa shape index (κ3) is 3.29. The Morgan fingerprint density at radius 3 is 2.72 bits per heavy atom. The highest BCUT2D eigenvalue weighted by molar-refractivity contribution is 6.31. The maximum absolute atomic E-state index is 12.9. The van der Waals surface area contributed by atoms with Gasteiger partial charge in [-0.15, -0.1) is 0 Å². The number of H-pyrrole nitrogens is 1. The summed E-state index contributed by atoms with van der Waals surface area (Å²) in [4.78, 5) is 20.6. The number of carbonyl (C=O) groups is 1. The number of likely N-dealkylation sites (tertiary alicyclic amines) is 1. The second-order valence-electron chi connectivity index (χ2n) is 8.92. The van der Waals surface area contributed by atoms with Gasteiger partial charge in [-0.25, -0.2) is 0 Å². The quantitative estimate of drug-likeness (QED) is 0.615. The molecule has 0 saturated carbocycles. The Labute approximate surface area is 192 Å². The van der Waals surface area contributed by atoms with Gasteiger partial charge in [-0.05, 0) is 29.3 Å². The average molecular weight is 454 g/mol. The third-order valence-electron chi connectivity index (χ3n) is 6.95. The number of aromatic nitrogens is 1. The molecule has 3 aromatic rings. The largest absolute Gasteiger partial charge is 0.497 e. The molecule has 2 N–H and O–H groups in total. The summed E-state index contributed by atoms with van der Waals surface area (Å²) in [5.74, 6) is 0.844. The molecule has 1 atom stereocenters. The molecular formula is C25H28ClN3O3. The van der Waals surface area contributed by atoms with Crippen LogP contribution in [0.2, 0.25) is 5.02 Å². The molecule has 6 nitrogen and oxygen atoms in total. The van der Waals surface area contributed by atoms with Gasteiger partial charge >= 0.3 is 0 Å². The fourth-order valence-electron chi connectivity index (χ4n) is 5.52. The summed E-state index contributed by atoms with van der Waals surface area (Å²) in [6, 6.07) is 13.6. The van der Waals surface area contributed by atoms with Crippen molar-refractivity contribution in [3.05, 3.63) is 64.3 Å². The van der Waals surface area contributed by atoms with Crippen molar-refractivity contribution in [3.8, 4) is 5.75 Å². The molecule has 0 bridgehead atoms. The Balaban J connectivity index is 1.56. The number of fused-ring (bicyclic) bond motifs is 4. The van der Waals surface area contributed by atoms with Crippen LogP contribution in [-0.4, -0.2) is 59.1 Å². The maximum atomic E-state index is 12.9. The van der Waals surface area contributed by atoms with Crippen molar-refractivity contribution in [1.82, 2.24) is 14.8 Å². The van der Waals surface area contributed by atoms with E-state index >= 15 is 0 Å². The van der Waals surface area contributed by atoms with E-state index in [0.717, 1.165) is 52.6 Å². The maximum Gasteiger partial charge on any atom is 0.222 e. The van der Waals surface area contributed by atoms with E-state index in [1.807, 2.05) is 42.2 Å². The van der Waals surface area contributed by atoms with E-state index in [4.69, 9.17) is 16.3 Å². The molecule has 168 valence electrons. The van der Waals surface area contributed by atoms with Crippen LogP contribution in [0.15, 0.2) is 42.5 Å². The van der Waals surface area contributed by atoms with E-state index in [1.165, 1.54) is 5.56 Å². The molecule has 7 heteroatoms. The van der Waals surface area contributed by atoms with Gasteiger partial charge in [0.2, 0.25) is 5.91 Å². The Morgan fingerprint density at radius 1 is 1.25 bits per heavy atom. The van der Waals surface area contributed by atoms with Crippen LogP contribution in [-0.2, 0) is 16.8 Å². The summed E-state index contributed by atoms with van der Waals surface area (Å²) >= 11 is 6.39. The minimum absolute atomic E-state index is 0.0647. The summed E-state index contributed by atoms with van der Waals surface area (Å²) in [5.41, 5.74) is 4.08. The minimum Gasteiger partial charge on any atom is -0.497 e. The molecule has 1 aromatic heterocycles. The van der Waals surface area contributed by atoms with Crippen LogP contribution in [0.3, 0.4) is 0 Å². The molecule has 0 aliphatic carbocycles. The van der Waals surface area contributed by atoms with Gasteiger partial charge in [-0.1, -0.05) is 36.7 Å². The van der Waals surface area contributed by atoms with Crippen molar-refractivity contribution in [2.75, 3.05) is 33.4 Å². The van der Waals surface area contributed by atoms with E-state index in [-0.39, 0.29) is 24.0 Å². The first kappa shape index (κ1) is 21.3. The Bertz CT molecular complexity index is 1170. The number of nitrogens with zero attached hydrogens (tertiary/aromatic N) is 2. The topological polar surface area (TPSA) is 68.8 Å². The Hall–Kier alpha value is -2.54. The van der Waals surface area contributed by atoms with E-state index in [9.17, 15) is 9.90 Å². The van der Waals surface area contributed by atoms with Crippen LogP contribution >= 0.6 is 11.6 Å². The van der Waals surface area contributed by atoms with Gasteiger partial charge in [-0.3, -0.25) is 9.69 Å². The van der Waals surface area contributed by atoms with Crippen LogP contribution in [0.5, 0.6) is 5.75 Å². The fraction of sp³-hybridized carbons (Fsp3) is 0.400. The highest BCUT2D eigenvalue weighted by Gasteiger charge is 2.53. The van der Waals surface area contributed by atoms with Crippen LogP contribution in [0.4, 0.5) is 0 Å². The average Bonchev–Trinajstić information content (AvgIpc) is 3.17. The normalized spacial score (nSPS) is 19.8. The molecule has 3 heterocycles. The molecule has 0 radical (unpaired) electrons. The molecular weight excluding hydrogens is 426 g/mol. The van der Waals surface area contributed by atoms with Gasteiger partial charge in [0, 0.05) is 65.7 Å². The summed E-state index contributed by atoms with van der Waals surface area (Å²) < 4.78 is 5.42. The molecule has 5 rings (SSSR count). The number of hydrogen-bond donors (Lipinski definition) is 2. The lowest BCUT2D eigenvalue weighted by atomic mass is 9.68. The number of nitrogens with one attached hydrogen (secondary N) is 1. The van der Waals surface area contributed by atoms with Crippen molar-refractivity contribution >= 4 is 28.4 Å². The van der Waals surface area contributed by atoms with Crippen molar-refractivity contribution in [2.45, 2.75) is 31.3 Å². The number of amides is 1. The number of aliphatic hydroxyl groups is 1. The Kier molecular flexibility index (Phi) is 5.40. The van der Waals surface area contributed by atoms with Crippen molar-refractivity contribution < 1.29 is 14.6 Å². The van der Waals surface area contributed by atoms with Crippen molar-refractivity contribution in [1.29, 1.82) is 0 Å². The number of aromatic amines is 1. The smallest absolute Gasteiger partial charge is 0.222 e. The number of benzene rings is 2. The lowest BCUT2D eigenvalue weighted by Gasteiger charge is -2.56. The standard InChI is InChI=1S/C25H28ClN3O3/c1-3-22(31)29-15-25(13-28(14-25)11-16-6-4-5-7-19(16)26)23-18-9-8-17(32-2)10-20(18)27-24(23)21(29)12-30/h4-10,21,27,30H,3,11-15H2,1-2H3/t21-/m0/s1. The van der Waals surface area contributed by atoms with Crippen LogP contribution < -0.4 is 4.74 Å². The monoisotopic (exact) mass is 453 g/mol. The number of halogens is 1. The molecule has 2 aliphatic heterocycles. The van der Waals surface area contributed by atoms with Crippen molar-refractivity contribution in [3.63, 3.8) is 0 Å². The van der Waals surface area contributed by atoms with Crippen molar-refractivity contribution in [2.24, 2.45) is 0 Å². The lowest BCUT2D eigenvalue weighted by molar-refractivity contribution is -0.138. The highest BCUT2D eigenvalue weighted by atomic mass is 35.5. The third-order valence-corrected chi connectivity index (χ3v) is 7.32. The van der Waals surface area contributed by atoms with E-state index in [2.05, 4.69) is 22.0 Å². The van der Waals surface area contributed by atoms with Crippen LogP contribution in [0.1, 0.15) is 36.2 Å². The van der Waals surface area contributed by atoms with Gasteiger partial charge in [0.25, 0.3) is 0 Å². The summed E-state index contributed by atoms with van der Waals surface area (Å²) in [6.07, 6.45) is 0.416. The van der Waals surface area contributed by atoms with E-state index in [0.29, 0.717) is 13.0 Å². The molecule has 1 amide bonds. The second-order valence-corrected chi connectivity index (χ2v) is 9.32. The van der Waals surface area contributed by atoms with Crippen LogP contribution in [0, 0.1) is 0 Å². The first-order valence-corrected chi connectivity index (χ1v) is 11.4. The van der Waals surface area contributed by atoms with Gasteiger partial charge in [0.1, 0.15) is 5.75 Å². The number of methoxy groups -OCH3 is 1. The van der Waals surface area contributed by atoms with Crippen LogP contribution in [0.25, 0.3) is 10.9 Å². The SMILES string of the molecule is CCC(=O)N1CC2(CN(Cc3ccccc3Cl)C2)c2c([nH]c3cc(OC)ccc23)[C@@H]1CO. The molecule has 0 unspecified atom stereocenters. The minimum atomic E-state index is -0.362. The van der Waals surface area contributed by atoms with Gasteiger partial charge in [0.15, 0.2) is 0 Å². The number of carbonyl (C=O) groups excluding carboxylic acids is 1. The van der Waals surface area contributed by atoms with Gasteiger partial charge in [0.05, 0.1) is 19.8 Å². The summed E-state index contributed by atoms with van der Waals surface area (Å²) in [5, 5.41) is 12.2. The molecule has 1 spiro atoms. The highest BCUT2D eigenvalue weighted by Crippen LogP contribution is 2.49. The zero-order chi connectivity index (χ0) is 22.5. The zero-order valence-electron chi connectivity index (χ0n) is 18.4. The molecule has 32 heavy (non-hydrogen) atoms. The number of rotatable bonds is 5. The first-order chi connectivity index (χ1) is 15.5. The molecule has 2 aliphatic rings. The number of hydrogen-bond acceptors (Lipinski definition) is 4. The van der Waals surface area contributed by atoms with E-state index in [1.54, 1.807) is 7.11 Å². The summed E-state index contributed by atoms with van der Waals surface area (Å²) in [7, 11) is 1.65. The number of ether oxygens (including phenoxy) is 1.